The van der Waals surface area contributed by atoms with Crippen LogP contribution in [0.1, 0.15) is 15.9 Å². The Morgan fingerprint density at radius 1 is 0.850 bits per heavy atom. The highest BCUT2D eigenvalue weighted by Crippen LogP contribution is 2.31. The Kier molecular flexibility index (Phi) is 10.1. The third-order valence-electron chi connectivity index (χ3n) is 6.08. The van der Waals surface area contributed by atoms with E-state index in [1.165, 1.54) is 57.9 Å². The number of carbonyl (C=O) groups excluding carboxylic acids is 1. The van der Waals surface area contributed by atoms with Gasteiger partial charge in [0.15, 0.2) is 15.0 Å². The number of thiazole rings is 1. The maximum Gasteiger partial charge on any atom is 0.260 e. The number of amides is 1. The molecule has 13 heteroatoms. The second-order valence-electron chi connectivity index (χ2n) is 9.43. The fourth-order valence-corrected chi connectivity index (χ4v) is 6.76. The summed E-state index contributed by atoms with van der Waals surface area (Å²) in [5, 5.41) is 0.432. The standard InChI is InChI=1S/C27H30N4O5S3.ClH/c1-29(2)16-17-31(27-28-24-15-14-23(38(4,33)34)18-25(24)37-27)26(32)21-10-12-22(13-11-21)39(35,36)30(3)19-20-8-6-5-7-9-20;/h5-15,18H,16-17,19H2,1-4H3;1H. The average molecular weight is 623 g/mol. The number of sulfone groups is 1. The minimum atomic E-state index is -3.76. The van der Waals surface area contributed by atoms with Crippen molar-refractivity contribution in [3.63, 3.8) is 0 Å². The van der Waals surface area contributed by atoms with Crippen LogP contribution < -0.4 is 4.90 Å². The van der Waals surface area contributed by atoms with Gasteiger partial charge in [0.25, 0.3) is 5.91 Å². The van der Waals surface area contributed by atoms with E-state index in [0.29, 0.717) is 34.0 Å². The first-order chi connectivity index (χ1) is 18.4. The van der Waals surface area contributed by atoms with Crippen molar-refractivity contribution in [1.82, 2.24) is 14.2 Å². The molecule has 40 heavy (non-hydrogen) atoms. The Bertz CT molecular complexity index is 1690. The van der Waals surface area contributed by atoms with Crippen LogP contribution in [0.3, 0.4) is 0 Å². The van der Waals surface area contributed by atoms with Crippen molar-refractivity contribution in [2.75, 3.05) is 45.4 Å². The van der Waals surface area contributed by atoms with Gasteiger partial charge in [0, 0.05) is 38.5 Å². The monoisotopic (exact) mass is 622 g/mol. The van der Waals surface area contributed by atoms with Crippen molar-refractivity contribution in [3.8, 4) is 0 Å². The molecular weight excluding hydrogens is 592 g/mol. The molecule has 1 aromatic heterocycles. The number of aromatic nitrogens is 1. The molecule has 0 radical (unpaired) electrons. The number of fused-ring (bicyclic) bond motifs is 1. The van der Waals surface area contributed by atoms with E-state index < -0.39 is 19.9 Å². The first kappa shape index (κ1) is 31.7. The van der Waals surface area contributed by atoms with Gasteiger partial charge in [-0.05, 0) is 62.1 Å². The van der Waals surface area contributed by atoms with Gasteiger partial charge < -0.3 is 4.90 Å². The zero-order valence-corrected chi connectivity index (χ0v) is 25.8. The summed E-state index contributed by atoms with van der Waals surface area (Å²) in [4.78, 5) is 22.0. The number of rotatable bonds is 10. The molecule has 9 nitrogen and oxygen atoms in total. The van der Waals surface area contributed by atoms with E-state index in [4.69, 9.17) is 0 Å². The summed E-state index contributed by atoms with van der Waals surface area (Å²) in [6.07, 6.45) is 1.15. The van der Waals surface area contributed by atoms with Crippen LogP contribution in [0.25, 0.3) is 10.2 Å². The lowest BCUT2D eigenvalue weighted by Gasteiger charge is -2.22. The quantitative estimate of drug-likeness (QED) is 0.261. The normalized spacial score (nSPS) is 12.1. The van der Waals surface area contributed by atoms with Gasteiger partial charge in [0.1, 0.15) is 0 Å². The largest absolute Gasteiger partial charge is 0.308 e. The number of hydrogen-bond acceptors (Lipinski definition) is 8. The molecule has 0 aliphatic carbocycles. The van der Waals surface area contributed by atoms with Gasteiger partial charge >= 0.3 is 0 Å². The first-order valence-corrected chi connectivity index (χ1v) is 16.2. The highest BCUT2D eigenvalue weighted by atomic mass is 35.5. The third kappa shape index (κ3) is 7.25. The number of nitrogens with zero attached hydrogens (tertiary/aromatic N) is 4. The molecule has 3 aromatic carbocycles. The Balaban J connectivity index is 0.00000441. The molecule has 0 unspecified atom stereocenters. The molecule has 0 saturated heterocycles. The van der Waals surface area contributed by atoms with Crippen LogP contribution in [-0.2, 0) is 26.4 Å². The second-order valence-corrected chi connectivity index (χ2v) is 14.5. The molecule has 1 heterocycles. The molecule has 0 aliphatic rings. The van der Waals surface area contributed by atoms with Gasteiger partial charge in [0.05, 0.1) is 20.0 Å². The SMILES string of the molecule is CN(C)CCN(C(=O)c1ccc(S(=O)(=O)N(C)Cc2ccccc2)cc1)c1nc2ccc(S(C)(=O)=O)cc2s1.Cl. The van der Waals surface area contributed by atoms with Gasteiger partial charge in [-0.3, -0.25) is 9.69 Å². The smallest absolute Gasteiger partial charge is 0.260 e. The van der Waals surface area contributed by atoms with E-state index in [-0.39, 0.29) is 34.6 Å². The van der Waals surface area contributed by atoms with E-state index in [1.54, 1.807) is 12.1 Å². The lowest BCUT2D eigenvalue weighted by atomic mass is 10.2. The predicted molar refractivity (Wildman–Crippen MR) is 162 cm³/mol. The van der Waals surface area contributed by atoms with Crippen LogP contribution in [0.4, 0.5) is 5.13 Å². The summed E-state index contributed by atoms with van der Waals surface area (Å²) in [5.41, 5.74) is 1.77. The van der Waals surface area contributed by atoms with E-state index in [0.717, 1.165) is 11.8 Å². The van der Waals surface area contributed by atoms with Crippen LogP contribution in [0.15, 0.2) is 82.6 Å². The molecule has 4 aromatic rings. The number of carbonyl (C=O) groups is 1. The first-order valence-electron chi connectivity index (χ1n) is 12.0. The molecule has 0 spiro atoms. The summed E-state index contributed by atoms with van der Waals surface area (Å²) in [7, 11) is -1.84. The number of likely N-dealkylation sites (N-methyl/N-ethyl adjacent to an activating group) is 1. The van der Waals surface area contributed by atoms with E-state index in [2.05, 4.69) is 4.98 Å². The Labute approximate surface area is 245 Å². The summed E-state index contributed by atoms with van der Waals surface area (Å²) >= 11 is 1.23. The third-order valence-corrected chi connectivity index (χ3v) is 10.1. The average Bonchev–Trinajstić information content (AvgIpc) is 3.31. The summed E-state index contributed by atoms with van der Waals surface area (Å²) in [5.74, 6) is -0.333. The lowest BCUT2D eigenvalue weighted by molar-refractivity contribution is 0.0985. The molecule has 0 bridgehead atoms. The highest BCUT2D eigenvalue weighted by Gasteiger charge is 2.25. The van der Waals surface area contributed by atoms with Crippen molar-refractivity contribution < 1.29 is 21.6 Å². The molecule has 0 saturated carbocycles. The number of hydrogen-bond donors (Lipinski definition) is 0. The number of benzene rings is 3. The molecule has 214 valence electrons. The van der Waals surface area contributed by atoms with E-state index >= 15 is 0 Å². The van der Waals surface area contributed by atoms with E-state index in [9.17, 15) is 21.6 Å². The summed E-state index contributed by atoms with van der Waals surface area (Å²) in [6.45, 7) is 1.12. The highest BCUT2D eigenvalue weighted by molar-refractivity contribution is 7.90. The molecule has 0 atom stereocenters. The van der Waals surface area contributed by atoms with Crippen molar-refractivity contribution >= 4 is 64.9 Å². The molecular formula is C27H31ClN4O5S3. The fraction of sp³-hybridized carbons (Fsp3) is 0.259. The topological polar surface area (TPSA) is 108 Å². The number of anilines is 1. The van der Waals surface area contributed by atoms with Crippen LogP contribution in [0, 0.1) is 0 Å². The van der Waals surface area contributed by atoms with Crippen LogP contribution in [0.2, 0.25) is 0 Å². The Morgan fingerprint density at radius 3 is 2.08 bits per heavy atom. The van der Waals surface area contributed by atoms with Crippen molar-refractivity contribution in [2.45, 2.75) is 16.3 Å². The Hall–Kier alpha value is -2.87. The van der Waals surface area contributed by atoms with Crippen molar-refractivity contribution in [3.05, 3.63) is 83.9 Å². The lowest BCUT2D eigenvalue weighted by Crippen LogP contribution is -2.36. The fourth-order valence-electron chi connectivity index (χ4n) is 3.85. The van der Waals surface area contributed by atoms with Gasteiger partial charge in [-0.25, -0.2) is 21.8 Å². The second kappa shape index (κ2) is 12.8. The van der Waals surface area contributed by atoms with Gasteiger partial charge in [-0.2, -0.15) is 4.31 Å². The summed E-state index contributed by atoms with van der Waals surface area (Å²) in [6, 6.07) is 19.9. The van der Waals surface area contributed by atoms with E-state index in [1.807, 2.05) is 49.3 Å². The summed E-state index contributed by atoms with van der Waals surface area (Å²) < 4.78 is 52.1. The number of sulfonamides is 1. The van der Waals surface area contributed by atoms with Crippen LogP contribution in [-0.4, -0.2) is 77.4 Å². The maximum atomic E-state index is 13.6. The predicted octanol–water partition coefficient (Wildman–Crippen LogP) is 4.15. The zero-order valence-electron chi connectivity index (χ0n) is 22.5. The van der Waals surface area contributed by atoms with Crippen molar-refractivity contribution in [2.24, 2.45) is 0 Å². The van der Waals surface area contributed by atoms with Crippen molar-refractivity contribution in [1.29, 1.82) is 0 Å². The van der Waals surface area contributed by atoms with Gasteiger partial charge in [0.2, 0.25) is 10.0 Å². The molecule has 0 N–H and O–H groups in total. The minimum absolute atomic E-state index is 0. The maximum absolute atomic E-state index is 13.6. The zero-order chi connectivity index (χ0) is 28.4. The molecule has 0 aliphatic heterocycles. The number of halogens is 1. The van der Waals surface area contributed by atoms with Gasteiger partial charge in [-0.15, -0.1) is 12.4 Å². The molecule has 0 fully saturated rings. The van der Waals surface area contributed by atoms with Crippen LogP contribution >= 0.6 is 23.7 Å². The minimum Gasteiger partial charge on any atom is -0.308 e. The Morgan fingerprint density at radius 2 is 1.48 bits per heavy atom. The molecule has 1 amide bonds. The molecule has 4 rings (SSSR count). The van der Waals surface area contributed by atoms with Gasteiger partial charge in [-0.1, -0.05) is 41.7 Å². The van der Waals surface area contributed by atoms with Crippen LogP contribution in [0.5, 0.6) is 0 Å².